The third-order valence-electron chi connectivity index (χ3n) is 4.84. The fourth-order valence-electron chi connectivity index (χ4n) is 3.38. The molecule has 7 heteroatoms. The molecule has 0 aromatic heterocycles. The Labute approximate surface area is 171 Å². The molecule has 154 valence electrons. The highest BCUT2D eigenvalue weighted by atomic mass is 32.2. The third-order valence-corrected chi connectivity index (χ3v) is 5.70. The summed E-state index contributed by atoms with van der Waals surface area (Å²) in [5.41, 5.74) is 1.49. The number of sulfone groups is 1. The van der Waals surface area contributed by atoms with Crippen LogP contribution in [0.2, 0.25) is 0 Å². The SMILES string of the molecule is CS(=O)(=O)Cc1ccc(C(=O)O[C@@H](C(=O)N2CCCCC2)c2ccccc2)cc1. The van der Waals surface area contributed by atoms with Gasteiger partial charge in [-0.2, -0.15) is 0 Å². The minimum Gasteiger partial charge on any atom is -0.444 e. The summed E-state index contributed by atoms with van der Waals surface area (Å²) in [5.74, 6) is -0.921. The number of nitrogens with zero attached hydrogens (tertiary/aromatic N) is 1. The van der Waals surface area contributed by atoms with E-state index in [2.05, 4.69) is 0 Å². The van der Waals surface area contributed by atoms with Crippen molar-refractivity contribution in [2.24, 2.45) is 0 Å². The summed E-state index contributed by atoms with van der Waals surface area (Å²) >= 11 is 0. The van der Waals surface area contributed by atoms with Crippen molar-refractivity contribution in [2.45, 2.75) is 31.1 Å². The zero-order chi connectivity index (χ0) is 20.9. The first kappa shape index (κ1) is 21.0. The Bertz CT molecular complexity index is 948. The predicted octanol–water partition coefficient (Wildman–Crippen LogP) is 3.14. The van der Waals surface area contributed by atoms with Crippen LogP contribution < -0.4 is 0 Å². The number of esters is 1. The van der Waals surface area contributed by atoms with E-state index in [4.69, 9.17) is 4.74 Å². The number of amides is 1. The molecule has 3 rings (SSSR count). The van der Waals surface area contributed by atoms with Crippen LogP contribution in [0.15, 0.2) is 54.6 Å². The zero-order valence-corrected chi connectivity index (χ0v) is 17.2. The van der Waals surface area contributed by atoms with Gasteiger partial charge in [-0.05, 0) is 37.0 Å². The summed E-state index contributed by atoms with van der Waals surface area (Å²) in [6, 6.07) is 15.2. The molecule has 6 nitrogen and oxygen atoms in total. The average Bonchev–Trinajstić information content (AvgIpc) is 2.72. The average molecular weight is 416 g/mol. The molecular formula is C22H25NO5S. The summed E-state index contributed by atoms with van der Waals surface area (Å²) in [6.07, 6.45) is 3.15. The van der Waals surface area contributed by atoms with E-state index >= 15 is 0 Å². The molecule has 1 fully saturated rings. The van der Waals surface area contributed by atoms with Crippen molar-refractivity contribution in [3.05, 3.63) is 71.3 Å². The van der Waals surface area contributed by atoms with Crippen LogP contribution in [0.1, 0.15) is 46.9 Å². The number of hydrogen-bond donors (Lipinski definition) is 0. The summed E-state index contributed by atoms with van der Waals surface area (Å²) in [4.78, 5) is 27.5. The maximum atomic E-state index is 13.1. The van der Waals surface area contributed by atoms with E-state index in [-0.39, 0.29) is 17.2 Å². The molecule has 0 spiro atoms. The molecule has 0 unspecified atom stereocenters. The number of rotatable bonds is 6. The van der Waals surface area contributed by atoms with Gasteiger partial charge >= 0.3 is 5.97 Å². The quantitative estimate of drug-likeness (QED) is 0.677. The highest BCUT2D eigenvalue weighted by Crippen LogP contribution is 2.24. The van der Waals surface area contributed by atoms with E-state index in [1.54, 1.807) is 41.3 Å². The van der Waals surface area contributed by atoms with Crippen molar-refractivity contribution >= 4 is 21.7 Å². The van der Waals surface area contributed by atoms with Gasteiger partial charge in [0.25, 0.3) is 5.91 Å². The van der Waals surface area contributed by atoms with E-state index in [0.717, 1.165) is 25.5 Å². The Morgan fingerprint density at radius 2 is 1.59 bits per heavy atom. The molecule has 0 aliphatic carbocycles. The van der Waals surface area contributed by atoms with Gasteiger partial charge in [0.2, 0.25) is 6.10 Å². The monoisotopic (exact) mass is 415 g/mol. The molecule has 1 saturated heterocycles. The lowest BCUT2D eigenvalue weighted by Crippen LogP contribution is -2.40. The van der Waals surface area contributed by atoms with E-state index < -0.39 is 21.9 Å². The second-order valence-corrected chi connectivity index (χ2v) is 9.49. The Morgan fingerprint density at radius 1 is 0.966 bits per heavy atom. The second-order valence-electron chi connectivity index (χ2n) is 7.35. The molecule has 1 heterocycles. The standard InChI is InChI=1S/C22H25NO5S/c1-29(26,27)16-17-10-12-19(13-11-17)22(25)28-20(18-8-4-2-5-9-18)21(24)23-14-6-3-7-15-23/h2,4-5,8-13,20H,3,6-7,14-16H2,1H3/t20-/m1/s1. The molecule has 1 aliphatic rings. The lowest BCUT2D eigenvalue weighted by atomic mass is 10.1. The zero-order valence-electron chi connectivity index (χ0n) is 16.4. The number of carbonyl (C=O) groups excluding carboxylic acids is 2. The molecule has 2 aromatic rings. The van der Waals surface area contributed by atoms with Crippen LogP contribution >= 0.6 is 0 Å². The normalized spacial score (nSPS) is 15.6. The molecule has 2 aromatic carbocycles. The van der Waals surface area contributed by atoms with Crippen LogP contribution in [0.25, 0.3) is 0 Å². The molecule has 1 amide bonds. The maximum Gasteiger partial charge on any atom is 0.339 e. The number of benzene rings is 2. The molecule has 1 aliphatic heterocycles. The van der Waals surface area contributed by atoms with Gasteiger partial charge in [-0.25, -0.2) is 13.2 Å². The summed E-state index contributed by atoms with van der Waals surface area (Å²) in [6.45, 7) is 1.33. The van der Waals surface area contributed by atoms with Gasteiger partial charge in [-0.1, -0.05) is 42.5 Å². The smallest absolute Gasteiger partial charge is 0.339 e. The Kier molecular flexibility index (Phi) is 6.69. The van der Waals surface area contributed by atoms with Gasteiger partial charge in [-0.15, -0.1) is 0 Å². The van der Waals surface area contributed by atoms with Crippen molar-refractivity contribution in [3.8, 4) is 0 Å². The Hall–Kier alpha value is -2.67. The summed E-state index contributed by atoms with van der Waals surface area (Å²) in [7, 11) is -3.16. The van der Waals surface area contributed by atoms with E-state index in [1.165, 1.54) is 12.1 Å². The number of piperidine rings is 1. The molecule has 0 bridgehead atoms. The first-order valence-corrected chi connectivity index (χ1v) is 11.7. The lowest BCUT2D eigenvalue weighted by Gasteiger charge is -2.30. The van der Waals surface area contributed by atoms with E-state index in [0.29, 0.717) is 24.2 Å². The number of carbonyl (C=O) groups is 2. The molecule has 1 atom stereocenters. The summed E-state index contributed by atoms with van der Waals surface area (Å²) < 4.78 is 28.5. The molecule has 0 saturated carbocycles. The van der Waals surface area contributed by atoms with Crippen molar-refractivity contribution in [1.82, 2.24) is 4.90 Å². The van der Waals surface area contributed by atoms with Gasteiger partial charge < -0.3 is 9.64 Å². The maximum absolute atomic E-state index is 13.1. The summed E-state index contributed by atoms with van der Waals surface area (Å²) in [5, 5.41) is 0. The number of ether oxygens (including phenoxy) is 1. The van der Waals surface area contributed by atoms with Crippen molar-refractivity contribution in [2.75, 3.05) is 19.3 Å². The second kappa shape index (κ2) is 9.22. The van der Waals surface area contributed by atoms with E-state index in [9.17, 15) is 18.0 Å². The van der Waals surface area contributed by atoms with Crippen molar-refractivity contribution in [1.29, 1.82) is 0 Å². The molecule has 0 N–H and O–H groups in total. The first-order chi connectivity index (χ1) is 13.8. The molecule has 29 heavy (non-hydrogen) atoms. The first-order valence-electron chi connectivity index (χ1n) is 9.65. The highest BCUT2D eigenvalue weighted by molar-refractivity contribution is 7.89. The fraction of sp³-hybridized carbons (Fsp3) is 0.364. The Morgan fingerprint density at radius 3 is 2.17 bits per heavy atom. The van der Waals surface area contributed by atoms with Crippen LogP contribution in [0.4, 0.5) is 0 Å². The van der Waals surface area contributed by atoms with Gasteiger partial charge in [0, 0.05) is 24.9 Å². The van der Waals surface area contributed by atoms with Gasteiger partial charge in [0.05, 0.1) is 11.3 Å². The molecular weight excluding hydrogens is 390 g/mol. The van der Waals surface area contributed by atoms with Gasteiger partial charge in [0.15, 0.2) is 9.84 Å². The Balaban J connectivity index is 1.78. The van der Waals surface area contributed by atoms with Gasteiger partial charge in [-0.3, -0.25) is 4.79 Å². The molecule has 0 radical (unpaired) electrons. The van der Waals surface area contributed by atoms with Crippen LogP contribution in [0.5, 0.6) is 0 Å². The lowest BCUT2D eigenvalue weighted by molar-refractivity contribution is -0.142. The van der Waals surface area contributed by atoms with Crippen LogP contribution in [-0.2, 0) is 25.1 Å². The minimum absolute atomic E-state index is 0.0948. The topological polar surface area (TPSA) is 80.7 Å². The number of likely N-dealkylation sites (tertiary alicyclic amines) is 1. The van der Waals surface area contributed by atoms with Crippen molar-refractivity contribution in [3.63, 3.8) is 0 Å². The third kappa shape index (κ3) is 5.90. The van der Waals surface area contributed by atoms with Crippen LogP contribution in [0, 0.1) is 0 Å². The van der Waals surface area contributed by atoms with Crippen molar-refractivity contribution < 1.29 is 22.7 Å². The predicted molar refractivity (Wildman–Crippen MR) is 110 cm³/mol. The van der Waals surface area contributed by atoms with Gasteiger partial charge in [0.1, 0.15) is 0 Å². The van der Waals surface area contributed by atoms with Crippen LogP contribution in [0.3, 0.4) is 0 Å². The van der Waals surface area contributed by atoms with E-state index in [1.807, 2.05) is 6.07 Å². The minimum atomic E-state index is -3.16. The fourth-order valence-corrected chi connectivity index (χ4v) is 4.18. The highest BCUT2D eigenvalue weighted by Gasteiger charge is 2.30. The van der Waals surface area contributed by atoms with Crippen LogP contribution in [-0.4, -0.2) is 44.5 Å². The largest absolute Gasteiger partial charge is 0.444 e. The number of hydrogen-bond acceptors (Lipinski definition) is 5.